The van der Waals surface area contributed by atoms with Crippen molar-refractivity contribution in [1.29, 1.82) is 0 Å². The van der Waals surface area contributed by atoms with E-state index < -0.39 is 24.1 Å². The second-order valence-corrected chi connectivity index (χ2v) is 5.34. The van der Waals surface area contributed by atoms with Crippen molar-refractivity contribution in [2.45, 2.75) is 38.0 Å². The molecule has 7 nitrogen and oxygen atoms in total. The quantitative estimate of drug-likeness (QED) is 0.631. The summed E-state index contributed by atoms with van der Waals surface area (Å²) in [4.78, 5) is 26.2. The SMILES string of the molecule is CC(CCN(C)C)NC(=O)N1CC(O)C[C@H]1C(=O)O. The predicted octanol–water partition coefficient (Wildman–Crippen LogP) is -0.444. The maximum Gasteiger partial charge on any atom is 0.326 e. The van der Waals surface area contributed by atoms with Gasteiger partial charge in [0.1, 0.15) is 6.04 Å². The molecule has 2 amide bonds. The summed E-state index contributed by atoms with van der Waals surface area (Å²) >= 11 is 0. The van der Waals surface area contributed by atoms with Gasteiger partial charge in [0.2, 0.25) is 0 Å². The van der Waals surface area contributed by atoms with Gasteiger partial charge in [-0.25, -0.2) is 9.59 Å². The van der Waals surface area contributed by atoms with Gasteiger partial charge in [-0.15, -0.1) is 0 Å². The van der Waals surface area contributed by atoms with Gasteiger partial charge in [0.15, 0.2) is 0 Å². The normalized spacial score (nSPS) is 24.6. The Morgan fingerprint density at radius 3 is 2.63 bits per heavy atom. The Morgan fingerprint density at radius 2 is 2.11 bits per heavy atom. The van der Waals surface area contributed by atoms with Crippen molar-refractivity contribution >= 4 is 12.0 Å². The van der Waals surface area contributed by atoms with Crippen molar-refractivity contribution in [2.75, 3.05) is 27.2 Å². The van der Waals surface area contributed by atoms with Crippen LogP contribution in [0.3, 0.4) is 0 Å². The largest absolute Gasteiger partial charge is 0.480 e. The molecule has 1 fully saturated rings. The van der Waals surface area contributed by atoms with Crippen LogP contribution in [0.1, 0.15) is 19.8 Å². The molecule has 110 valence electrons. The van der Waals surface area contributed by atoms with Gasteiger partial charge in [-0.3, -0.25) is 0 Å². The highest BCUT2D eigenvalue weighted by molar-refractivity contribution is 5.83. The standard InChI is InChI=1S/C12H23N3O4/c1-8(4-5-14(2)3)13-12(19)15-7-9(16)6-10(15)11(17)18/h8-10,16H,4-7H2,1-3H3,(H,13,19)(H,17,18)/t8?,9?,10-/m0/s1. The molecule has 0 spiro atoms. The number of β-amino-alcohol motifs (C(OH)–C–C–N with tert-alkyl or cyclic N) is 1. The summed E-state index contributed by atoms with van der Waals surface area (Å²) in [5.41, 5.74) is 0. The van der Waals surface area contributed by atoms with Crippen molar-refractivity contribution in [2.24, 2.45) is 0 Å². The average Bonchev–Trinajstić information content (AvgIpc) is 2.69. The third-order valence-corrected chi connectivity index (χ3v) is 3.20. The van der Waals surface area contributed by atoms with Crippen LogP contribution in [0.2, 0.25) is 0 Å². The van der Waals surface area contributed by atoms with Gasteiger partial charge in [-0.2, -0.15) is 0 Å². The summed E-state index contributed by atoms with van der Waals surface area (Å²) in [5, 5.41) is 21.3. The molecule has 1 heterocycles. The highest BCUT2D eigenvalue weighted by Crippen LogP contribution is 2.18. The minimum Gasteiger partial charge on any atom is -0.480 e. The van der Waals surface area contributed by atoms with Crippen LogP contribution >= 0.6 is 0 Å². The maximum atomic E-state index is 12.0. The average molecular weight is 273 g/mol. The van der Waals surface area contributed by atoms with E-state index in [9.17, 15) is 14.7 Å². The van der Waals surface area contributed by atoms with Crippen LogP contribution in [0.15, 0.2) is 0 Å². The Morgan fingerprint density at radius 1 is 1.47 bits per heavy atom. The maximum absolute atomic E-state index is 12.0. The van der Waals surface area contributed by atoms with Crippen molar-refractivity contribution in [3.05, 3.63) is 0 Å². The number of carboxylic acids is 1. The summed E-state index contributed by atoms with van der Waals surface area (Å²) in [6, 6.07) is -1.40. The predicted molar refractivity (Wildman–Crippen MR) is 69.9 cm³/mol. The summed E-state index contributed by atoms with van der Waals surface area (Å²) in [7, 11) is 3.90. The van der Waals surface area contributed by atoms with Crippen LogP contribution in [-0.2, 0) is 4.79 Å². The molecule has 7 heteroatoms. The lowest BCUT2D eigenvalue weighted by atomic mass is 10.2. The van der Waals surface area contributed by atoms with E-state index in [1.54, 1.807) is 0 Å². The number of rotatable bonds is 5. The molecule has 0 aromatic rings. The van der Waals surface area contributed by atoms with E-state index in [0.29, 0.717) is 0 Å². The number of nitrogens with zero attached hydrogens (tertiary/aromatic N) is 2. The molecule has 0 aliphatic carbocycles. The van der Waals surface area contributed by atoms with Crippen molar-refractivity contribution < 1.29 is 19.8 Å². The molecule has 1 aliphatic rings. The Balaban J connectivity index is 2.50. The lowest BCUT2D eigenvalue weighted by Crippen LogP contribution is -2.49. The first-order valence-electron chi connectivity index (χ1n) is 6.44. The molecule has 19 heavy (non-hydrogen) atoms. The van der Waals surface area contributed by atoms with E-state index in [1.165, 1.54) is 4.90 Å². The van der Waals surface area contributed by atoms with Gasteiger partial charge < -0.3 is 25.3 Å². The number of aliphatic hydroxyl groups excluding tert-OH is 1. The number of carbonyl (C=O) groups excluding carboxylic acids is 1. The van der Waals surface area contributed by atoms with Crippen LogP contribution in [0.25, 0.3) is 0 Å². The molecule has 1 saturated heterocycles. The lowest BCUT2D eigenvalue weighted by molar-refractivity contribution is -0.141. The van der Waals surface area contributed by atoms with Crippen LogP contribution in [0.4, 0.5) is 4.79 Å². The summed E-state index contributed by atoms with van der Waals surface area (Å²) < 4.78 is 0. The number of amides is 2. The third kappa shape index (κ3) is 4.68. The fourth-order valence-corrected chi connectivity index (χ4v) is 2.09. The van der Waals surface area contributed by atoms with E-state index in [-0.39, 0.29) is 19.0 Å². The van der Waals surface area contributed by atoms with E-state index >= 15 is 0 Å². The Labute approximate surface area is 113 Å². The number of aliphatic hydroxyl groups is 1. The zero-order valence-electron chi connectivity index (χ0n) is 11.7. The number of aliphatic carboxylic acids is 1. The summed E-state index contributed by atoms with van der Waals surface area (Å²) in [6.07, 6.45) is 0.116. The molecule has 2 unspecified atom stereocenters. The fourth-order valence-electron chi connectivity index (χ4n) is 2.09. The van der Waals surface area contributed by atoms with E-state index in [4.69, 9.17) is 5.11 Å². The first-order valence-corrected chi connectivity index (χ1v) is 6.44. The van der Waals surface area contributed by atoms with Gasteiger partial charge in [0, 0.05) is 19.0 Å². The van der Waals surface area contributed by atoms with Gasteiger partial charge in [0.05, 0.1) is 6.10 Å². The summed E-state index contributed by atoms with van der Waals surface area (Å²) in [6.45, 7) is 2.79. The van der Waals surface area contributed by atoms with E-state index in [1.807, 2.05) is 25.9 Å². The number of nitrogens with one attached hydrogen (secondary N) is 1. The van der Waals surface area contributed by atoms with Gasteiger partial charge in [0.25, 0.3) is 0 Å². The molecule has 1 rings (SSSR count). The molecule has 0 aromatic heterocycles. The number of hydrogen-bond donors (Lipinski definition) is 3. The molecule has 0 saturated carbocycles. The van der Waals surface area contributed by atoms with Crippen molar-refractivity contribution in [3.8, 4) is 0 Å². The molecule has 0 radical (unpaired) electrons. The second-order valence-electron chi connectivity index (χ2n) is 5.34. The molecule has 1 aliphatic heterocycles. The summed E-state index contributed by atoms with van der Waals surface area (Å²) in [5.74, 6) is -1.08. The molecule has 3 atom stereocenters. The highest BCUT2D eigenvalue weighted by Gasteiger charge is 2.39. The minimum atomic E-state index is -1.08. The zero-order chi connectivity index (χ0) is 14.6. The van der Waals surface area contributed by atoms with Gasteiger partial charge in [-0.1, -0.05) is 0 Å². The Kier molecular flexibility index (Phi) is 5.56. The van der Waals surface area contributed by atoms with Crippen molar-refractivity contribution in [3.63, 3.8) is 0 Å². The molecule has 0 aromatic carbocycles. The lowest BCUT2D eigenvalue weighted by Gasteiger charge is -2.24. The Hall–Kier alpha value is -1.34. The monoisotopic (exact) mass is 273 g/mol. The first-order chi connectivity index (χ1) is 8.81. The Bertz CT molecular complexity index is 335. The van der Waals surface area contributed by atoms with Crippen LogP contribution < -0.4 is 5.32 Å². The fraction of sp³-hybridized carbons (Fsp3) is 0.833. The molecular formula is C12H23N3O4. The van der Waals surface area contributed by atoms with Gasteiger partial charge >= 0.3 is 12.0 Å². The number of carbonyl (C=O) groups is 2. The number of likely N-dealkylation sites (tertiary alicyclic amines) is 1. The topological polar surface area (TPSA) is 93.1 Å². The zero-order valence-corrected chi connectivity index (χ0v) is 11.7. The van der Waals surface area contributed by atoms with Gasteiger partial charge in [-0.05, 0) is 34.0 Å². The second kappa shape index (κ2) is 6.72. The third-order valence-electron chi connectivity index (χ3n) is 3.20. The minimum absolute atomic E-state index is 0.0397. The van der Waals surface area contributed by atoms with E-state index in [0.717, 1.165) is 13.0 Å². The van der Waals surface area contributed by atoms with E-state index in [2.05, 4.69) is 5.32 Å². The number of urea groups is 1. The van der Waals surface area contributed by atoms with Crippen molar-refractivity contribution in [1.82, 2.24) is 15.1 Å². The van der Waals surface area contributed by atoms with Crippen LogP contribution in [0.5, 0.6) is 0 Å². The van der Waals surface area contributed by atoms with Crippen LogP contribution in [-0.4, -0.2) is 77.4 Å². The van der Waals surface area contributed by atoms with Crippen LogP contribution in [0, 0.1) is 0 Å². The molecule has 3 N–H and O–H groups in total. The number of hydrogen-bond acceptors (Lipinski definition) is 4. The first kappa shape index (κ1) is 15.7. The highest BCUT2D eigenvalue weighted by atomic mass is 16.4. The smallest absolute Gasteiger partial charge is 0.326 e. The number of carboxylic acid groups (broad SMARTS) is 1. The molecule has 0 bridgehead atoms. The molecular weight excluding hydrogens is 250 g/mol.